The van der Waals surface area contributed by atoms with Crippen LogP contribution < -0.4 is 0 Å². The molecular weight excluding hydrogens is 212 g/mol. The van der Waals surface area contributed by atoms with Crippen LogP contribution in [0.3, 0.4) is 0 Å². The van der Waals surface area contributed by atoms with Gasteiger partial charge in [-0.3, -0.25) is 0 Å². The van der Waals surface area contributed by atoms with Crippen molar-refractivity contribution >= 4 is 33.3 Å². The number of hydrogen-bond acceptors (Lipinski definition) is 2. The Morgan fingerprint density at radius 2 is 2.50 bits per heavy atom. The summed E-state index contributed by atoms with van der Waals surface area (Å²) in [6.07, 6.45) is 3.61. The van der Waals surface area contributed by atoms with Gasteiger partial charge in [0.1, 0.15) is 0 Å². The van der Waals surface area contributed by atoms with E-state index in [0.717, 1.165) is 9.35 Å². The molecule has 0 atom stereocenters. The molecule has 0 saturated heterocycles. The Bertz CT molecular complexity index is 229. The summed E-state index contributed by atoms with van der Waals surface area (Å²) in [5.74, 6) is 0. The van der Waals surface area contributed by atoms with Crippen LogP contribution in [0.4, 0.5) is 0 Å². The average molecular weight is 219 g/mol. The molecule has 0 unspecified atom stereocenters. The number of aliphatic hydroxyl groups excluding tert-OH is 1. The van der Waals surface area contributed by atoms with E-state index in [0.29, 0.717) is 0 Å². The van der Waals surface area contributed by atoms with Crippen LogP contribution >= 0.6 is 27.3 Å². The molecule has 54 valence electrons. The van der Waals surface area contributed by atoms with E-state index >= 15 is 0 Å². The first kappa shape index (κ1) is 7.98. The van der Waals surface area contributed by atoms with Crippen molar-refractivity contribution in [2.24, 2.45) is 0 Å². The first-order chi connectivity index (χ1) is 4.83. The van der Waals surface area contributed by atoms with Gasteiger partial charge >= 0.3 is 0 Å². The van der Waals surface area contributed by atoms with E-state index in [9.17, 15) is 0 Å². The molecule has 0 amide bonds. The molecular formula is C7H7BrOS. The van der Waals surface area contributed by atoms with E-state index in [1.54, 1.807) is 17.4 Å². The summed E-state index contributed by atoms with van der Waals surface area (Å²) in [5, 5.41) is 10.5. The SMILES string of the molecule is OC/C=C/c1csc(Br)c1. The Hall–Kier alpha value is -0.120. The second kappa shape index (κ2) is 3.91. The van der Waals surface area contributed by atoms with E-state index in [1.165, 1.54) is 0 Å². The molecule has 1 rings (SSSR count). The maximum atomic E-state index is 8.44. The molecule has 0 bridgehead atoms. The van der Waals surface area contributed by atoms with Gasteiger partial charge in [-0.1, -0.05) is 12.2 Å². The first-order valence-electron chi connectivity index (χ1n) is 2.84. The topological polar surface area (TPSA) is 20.2 Å². The van der Waals surface area contributed by atoms with Crippen molar-refractivity contribution in [3.63, 3.8) is 0 Å². The van der Waals surface area contributed by atoms with Gasteiger partial charge in [0.05, 0.1) is 10.4 Å². The van der Waals surface area contributed by atoms with Crippen LogP contribution in [0.5, 0.6) is 0 Å². The van der Waals surface area contributed by atoms with Crippen LogP contribution in [0, 0.1) is 0 Å². The minimum Gasteiger partial charge on any atom is -0.392 e. The highest BCUT2D eigenvalue weighted by atomic mass is 79.9. The highest BCUT2D eigenvalue weighted by Crippen LogP contribution is 2.21. The number of rotatable bonds is 2. The smallest absolute Gasteiger partial charge is 0.0704 e. The normalized spacial score (nSPS) is 11.0. The van der Waals surface area contributed by atoms with Gasteiger partial charge in [0.15, 0.2) is 0 Å². The molecule has 1 heterocycles. The van der Waals surface area contributed by atoms with Crippen molar-refractivity contribution in [2.45, 2.75) is 0 Å². The maximum absolute atomic E-state index is 8.44. The molecule has 0 aliphatic carbocycles. The van der Waals surface area contributed by atoms with Crippen LogP contribution in [0.25, 0.3) is 6.08 Å². The summed E-state index contributed by atoms with van der Waals surface area (Å²) in [6.45, 7) is 0.105. The van der Waals surface area contributed by atoms with Crippen LogP contribution in [0.2, 0.25) is 0 Å². The number of halogens is 1. The summed E-state index contributed by atoms with van der Waals surface area (Å²) in [7, 11) is 0. The fourth-order valence-corrected chi connectivity index (χ4v) is 1.74. The van der Waals surface area contributed by atoms with E-state index in [-0.39, 0.29) is 6.61 Å². The second-order valence-corrected chi connectivity index (χ2v) is 4.06. The van der Waals surface area contributed by atoms with Gasteiger partial charge in [-0.05, 0) is 32.9 Å². The molecule has 0 aliphatic heterocycles. The lowest BCUT2D eigenvalue weighted by molar-refractivity contribution is 0.343. The van der Waals surface area contributed by atoms with Crippen molar-refractivity contribution in [1.82, 2.24) is 0 Å². The molecule has 0 saturated carbocycles. The summed E-state index contributed by atoms with van der Waals surface area (Å²) < 4.78 is 1.12. The fourth-order valence-electron chi connectivity index (χ4n) is 0.600. The van der Waals surface area contributed by atoms with Gasteiger partial charge in [-0.25, -0.2) is 0 Å². The van der Waals surface area contributed by atoms with Crippen molar-refractivity contribution < 1.29 is 5.11 Å². The zero-order chi connectivity index (χ0) is 7.40. The summed E-state index contributed by atoms with van der Waals surface area (Å²) >= 11 is 4.98. The lowest BCUT2D eigenvalue weighted by atomic mass is 10.3. The third-order valence-electron chi connectivity index (χ3n) is 1.00. The Morgan fingerprint density at radius 1 is 1.70 bits per heavy atom. The molecule has 0 radical (unpaired) electrons. The maximum Gasteiger partial charge on any atom is 0.0704 e. The quantitative estimate of drug-likeness (QED) is 0.810. The number of thiophene rings is 1. The zero-order valence-corrected chi connectivity index (χ0v) is 7.65. The van der Waals surface area contributed by atoms with E-state index in [4.69, 9.17) is 5.11 Å². The van der Waals surface area contributed by atoms with Crippen LogP contribution in [-0.4, -0.2) is 11.7 Å². The molecule has 1 aromatic rings. The highest BCUT2D eigenvalue weighted by Gasteiger charge is 1.90. The third kappa shape index (κ3) is 2.25. The van der Waals surface area contributed by atoms with Crippen LogP contribution in [-0.2, 0) is 0 Å². The van der Waals surface area contributed by atoms with Crippen molar-refractivity contribution in [2.75, 3.05) is 6.61 Å². The van der Waals surface area contributed by atoms with Gasteiger partial charge in [0.25, 0.3) is 0 Å². The van der Waals surface area contributed by atoms with Crippen molar-refractivity contribution in [3.05, 3.63) is 26.9 Å². The van der Waals surface area contributed by atoms with Gasteiger partial charge in [-0.15, -0.1) is 11.3 Å². The van der Waals surface area contributed by atoms with Crippen LogP contribution in [0.1, 0.15) is 5.56 Å². The van der Waals surface area contributed by atoms with Crippen molar-refractivity contribution in [1.29, 1.82) is 0 Å². The summed E-state index contributed by atoms with van der Waals surface area (Å²) in [5.41, 5.74) is 1.13. The highest BCUT2D eigenvalue weighted by molar-refractivity contribution is 9.11. The van der Waals surface area contributed by atoms with E-state index in [2.05, 4.69) is 15.9 Å². The molecule has 1 aromatic heterocycles. The predicted molar refractivity (Wildman–Crippen MR) is 48.1 cm³/mol. The Morgan fingerprint density at radius 3 is 3.00 bits per heavy atom. The number of hydrogen-bond donors (Lipinski definition) is 1. The molecule has 0 fully saturated rings. The molecule has 10 heavy (non-hydrogen) atoms. The lowest BCUT2D eigenvalue weighted by Gasteiger charge is -1.79. The molecule has 0 aliphatic rings. The molecule has 0 spiro atoms. The molecule has 1 nitrogen and oxygen atoms in total. The van der Waals surface area contributed by atoms with Gasteiger partial charge in [-0.2, -0.15) is 0 Å². The standard InChI is InChI=1S/C7H7BrOS/c8-7-4-6(5-10-7)2-1-3-9/h1-2,4-5,9H,3H2/b2-1+. The first-order valence-corrected chi connectivity index (χ1v) is 4.51. The third-order valence-corrected chi connectivity index (χ3v) is 2.53. The van der Waals surface area contributed by atoms with Crippen molar-refractivity contribution in [3.8, 4) is 0 Å². The number of aliphatic hydroxyl groups is 1. The lowest BCUT2D eigenvalue weighted by Crippen LogP contribution is -1.69. The average Bonchev–Trinajstić information content (AvgIpc) is 2.31. The van der Waals surface area contributed by atoms with Crippen LogP contribution in [0.15, 0.2) is 21.3 Å². The minimum absolute atomic E-state index is 0.105. The molecule has 3 heteroatoms. The van der Waals surface area contributed by atoms with Gasteiger partial charge < -0.3 is 5.11 Å². The fraction of sp³-hybridized carbons (Fsp3) is 0.143. The minimum atomic E-state index is 0.105. The summed E-state index contributed by atoms with van der Waals surface area (Å²) in [4.78, 5) is 0. The Balaban J connectivity index is 2.67. The van der Waals surface area contributed by atoms with E-state index in [1.807, 2.05) is 17.5 Å². The van der Waals surface area contributed by atoms with E-state index < -0.39 is 0 Å². The second-order valence-electron chi connectivity index (χ2n) is 1.77. The summed E-state index contributed by atoms with van der Waals surface area (Å²) in [6, 6.07) is 2.01. The molecule has 1 N–H and O–H groups in total. The largest absolute Gasteiger partial charge is 0.392 e. The molecule has 0 aromatic carbocycles. The predicted octanol–water partition coefficient (Wildman–Crippen LogP) is 2.52. The Kier molecular flexibility index (Phi) is 3.12. The van der Waals surface area contributed by atoms with Gasteiger partial charge in [0.2, 0.25) is 0 Å². The Labute approximate surface area is 72.1 Å². The van der Waals surface area contributed by atoms with Gasteiger partial charge in [0, 0.05) is 0 Å². The monoisotopic (exact) mass is 218 g/mol. The zero-order valence-electron chi connectivity index (χ0n) is 5.25.